The van der Waals surface area contributed by atoms with Gasteiger partial charge >= 0.3 is 0 Å². The Morgan fingerprint density at radius 2 is 2.09 bits per heavy atom. The van der Waals surface area contributed by atoms with Crippen LogP contribution in [0.1, 0.15) is 51.0 Å². The lowest BCUT2D eigenvalue weighted by Crippen LogP contribution is -2.29. The van der Waals surface area contributed by atoms with E-state index >= 15 is 0 Å². The first-order valence-corrected chi connectivity index (χ1v) is 8.86. The van der Waals surface area contributed by atoms with Crippen molar-refractivity contribution in [3.8, 4) is 0 Å². The second-order valence-corrected chi connectivity index (χ2v) is 6.75. The maximum atomic E-state index is 12.3. The van der Waals surface area contributed by atoms with Crippen LogP contribution in [0, 0.1) is 5.92 Å². The number of aromatic nitrogens is 2. The Balaban J connectivity index is 1.84. The Bertz CT molecular complexity index is 517. The third-order valence-corrected chi connectivity index (χ3v) is 4.71. The van der Waals surface area contributed by atoms with Gasteiger partial charge in [0.15, 0.2) is 0 Å². The summed E-state index contributed by atoms with van der Waals surface area (Å²) < 4.78 is 0. The molecule has 1 fully saturated rings. The molecule has 2 amide bonds. The van der Waals surface area contributed by atoms with Crippen LogP contribution in [0.5, 0.6) is 0 Å². The molecule has 1 aliphatic rings. The average molecular weight is 324 g/mol. The summed E-state index contributed by atoms with van der Waals surface area (Å²) in [6, 6.07) is 0. The number of hydrogen-bond acceptors (Lipinski definition) is 5. The SMILES string of the molecule is CCCCc1nnc(NC(=O)C2CC(=O)N(CCCC)C2)s1. The molecular formula is C15H24N4O2S. The van der Waals surface area contributed by atoms with Crippen molar-refractivity contribution in [2.75, 3.05) is 18.4 Å². The quantitative estimate of drug-likeness (QED) is 0.797. The molecule has 1 aliphatic heterocycles. The lowest BCUT2D eigenvalue weighted by molar-refractivity contribution is -0.128. The van der Waals surface area contributed by atoms with Crippen LogP contribution in [0.25, 0.3) is 0 Å². The van der Waals surface area contributed by atoms with Crippen molar-refractivity contribution in [3.63, 3.8) is 0 Å². The van der Waals surface area contributed by atoms with E-state index in [1.165, 1.54) is 11.3 Å². The highest BCUT2D eigenvalue weighted by molar-refractivity contribution is 7.15. The van der Waals surface area contributed by atoms with Crippen molar-refractivity contribution >= 4 is 28.3 Å². The molecule has 0 aliphatic carbocycles. The molecule has 6 nitrogen and oxygen atoms in total. The van der Waals surface area contributed by atoms with Crippen molar-refractivity contribution in [1.29, 1.82) is 0 Å². The van der Waals surface area contributed by atoms with Gasteiger partial charge in [-0.05, 0) is 12.8 Å². The largest absolute Gasteiger partial charge is 0.342 e. The maximum absolute atomic E-state index is 12.3. The zero-order valence-corrected chi connectivity index (χ0v) is 14.1. The predicted molar refractivity (Wildman–Crippen MR) is 86.7 cm³/mol. The minimum absolute atomic E-state index is 0.0782. The topological polar surface area (TPSA) is 75.2 Å². The van der Waals surface area contributed by atoms with Crippen molar-refractivity contribution in [3.05, 3.63) is 5.01 Å². The van der Waals surface area contributed by atoms with Crippen LogP contribution in [-0.2, 0) is 16.0 Å². The van der Waals surface area contributed by atoms with Gasteiger partial charge in [-0.2, -0.15) is 0 Å². The zero-order valence-electron chi connectivity index (χ0n) is 13.3. The Morgan fingerprint density at radius 3 is 2.82 bits per heavy atom. The number of anilines is 1. The molecule has 0 spiro atoms. The Morgan fingerprint density at radius 1 is 1.32 bits per heavy atom. The molecule has 1 atom stereocenters. The van der Waals surface area contributed by atoms with E-state index in [2.05, 4.69) is 29.4 Å². The van der Waals surface area contributed by atoms with Gasteiger partial charge in [-0.3, -0.25) is 9.59 Å². The number of nitrogens with one attached hydrogen (secondary N) is 1. The molecule has 122 valence electrons. The molecule has 0 radical (unpaired) electrons. The van der Waals surface area contributed by atoms with Crippen molar-refractivity contribution in [1.82, 2.24) is 15.1 Å². The molecular weight excluding hydrogens is 300 g/mol. The third kappa shape index (κ3) is 4.50. The van der Waals surface area contributed by atoms with Crippen LogP contribution >= 0.6 is 11.3 Å². The number of carbonyl (C=O) groups is 2. The van der Waals surface area contributed by atoms with E-state index in [0.717, 1.165) is 43.7 Å². The number of hydrogen-bond donors (Lipinski definition) is 1. The Labute approximate surface area is 135 Å². The molecule has 1 N–H and O–H groups in total. The van der Waals surface area contributed by atoms with E-state index in [1.54, 1.807) is 4.90 Å². The van der Waals surface area contributed by atoms with Gasteiger partial charge in [-0.1, -0.05) is 38.0 Å². The molecule has 1 aromatic heterocycles. The van der Waals surface area contributed by atoms with Gasteiger partial charge in [0.05, 0.1) is 5.92 Å². The normalized spacial score (nSPS) is 18.0. The second kappa shape index (κ2) is 8.22. The van der Waals surface area contributed by atoms with Crippen molar-refractivity contribution < 1.29 is 9.59 Å². The van der Waals surface area contributed by atoms with E-state index in [0.29, 0.717) is 18.1 Å². The number of carbonyl (C=O) groups excluding carboxylic acids is 2. The van der Waals surface area contributed by atoms with Gasteiger partial charge in [-0.15, -0.1) is 10.2 Å². The summed E-state index contributed by atoms with van der Waals surface area (Å²) in [6.45, 7) is 5.49. The van der Waals surface area contributed by atoms with Gasteiger partial charge in [-0.25, -0.2) is 0 Å². The van der Waals surface area contributed by atoms with Crippen LogP contribution in [0.15, 0.2) is 0 Å². The van der Waals surface area contributed by atoms with Crippen LogP contribution in [0.4, 0.5) is 5.13 Å². The number of likely N-dealkylation sites (tertiary alicyclic amines) is 1. The first kappa shape index (κ1) is 16.9. The van der Waals surface area contributed by atoms with Crippen LogP contribution in [0.2, 0.25) is 0 Å². The van der Waals surface area contributed by atoms with E-state index < -0.39 is 0 Å². The molecule has 1 saturated heterocycles. The Hall–Kier alpha value is -1.50. The second-order valence-electron chi connectivity index (χ2n) is 5.69. The van der Waals surface area contributed by atoms with Gasteiger partial charge in [0.25, 0.3) is 0 Å². The molecule has 1 unspecified atom stereocenters. The van der Waals surface area contributed by atoms with Crippen LogP contribution in [-0.4, -0.2) is 40.0 Å². The number of aryl methyl sites for hydroxylation is 1. The van der Waals surface area contributed by atoms with Crippen molar-refractivity contribution in [2.24, 2.45) is 5.92 Å². The molecule has 0 saturated carbocycles. The van der Waals surface area contributed by atoms with Gasteiger partial charge in [0.1, 0.15) is 5.01 Å². The highest BCUT2D eigenvalue weighted by Crippen LogP contribution is 2.22. The summed E-state index contributed by atoms with van der Waals surface area (Å²) in [4.78, 5) is 25.9. The van der Waals surface area contributed by atoms with E-state index in [9.17, 15) is 9.59 Å². The van der Waals surface area contributed by atoms with Crippen LogP contribution in [0.3, 0.4) is 0 Å². The summed E-state index contributed by atoms with van der Waals surface area (Å²) in [5, 5.41) is 12.4. The molecule has 7 heteroatoms. The molecule has 2 rings (SSSR count). The van der Waals surface area contributed by atoms with Gasteiger partial charge < -0.3 is 10.2 Å². The summed E-state index contributed by atoms with van der Waals surface area (Å²) in [5.74, 6) is -0.313. The van der Waals surface area contributed by atoms with E-state index in [4.69, 9.17) is 0 Å². The monoisotopic (exact) mass is 324 g/mol. The highest BCUT2D eigenvalue weighted by atomic mass is 32.1. The molecule has 0 aromatic carbocycles. The smallest absolute Gasteiger partial charge is 0.231 e. The third-order valence-electron chi connectivity index (χ3n) is 3.81. The first-order chi connectivity index (χ1) is 10.6. The summed E-state index contributed by atoms with van der Waals surface area (Å²) in [6.07, 6.45) is 5.42. The maximum Gasteiger partial charge on any atom is 0.231 e. The fourth-order valence-electron chi connectivity index (χ4n) is 2.45. The minimum atomic E-state index is -0.271. The minimum Gasteiger partial charge on any atom is -0.342 e. The summed E-state index contributed by atoms with van der Waals surface area (Å²) in [5.41, 5.74) is 0. The lowest BCUT2D eigenvalue weighted by atomic mass is 10.1. The average Bonchev–Trinajstić information content (AvgIpc) is 3.09. The van der Waals surface area contributed by atoms with E-state index in [-0.39, 0.29) is 17.7 Å². The highest BCUT2D eigenvalue weighted by Gasteiger charge is 2.34. The Kier molecular flexibility index (Phi) is 6.30. The number of rotatable bonds is 8. The molecule has 1 aromatic rings. The lowest BCUT2D eigenvalue weighted by Gasteiger charge is -2.15. The number of nitrogens with zero attached hydrogens (tertiary/aromatic N) is 3. The molecule has 22 heavy (non-hydrogen) atoms. The van der Waals surface area contributed by atoms with Crippen molar-refractivity contribution in [2.45, 2.75) is 52.4 Å². The molecule has 2 heterocycles. The summed E-state index contributed by atoms with van der Waals surface area (Å²) in [7, 11) is 0. The summed E-state index contributed by atoms with van der Waals surface area (Å²) >= 11 is 1.42. The number of amides is 2. The zero-order chi connectivity index (χ0) is 15.9. The number of unbranched alkanes of at least 4 members (excludes halogenated alkanes) is 2. The predicted octanol–water partition coefficient (Wildman–Crippen LogP) is 2.47. The first-order valence-electron chi connectivity index (χ1n) is 8.05. The van der Waals surface area contributed by atoms with Gasteiger partial charge in [0.2, 0.25) is 16.9 Å². The molecule has 0 bridgehead atoms. The van der Waals surface area contributed by atoms with Gasteiger partial charge in [0, 0.05) is 25.9 Å². The fraction of sp³-hybridized carbons (Fsp3) is 0.733. The van der Waals surface area contributed by atoms with E-state index in [1.807, 2.05) is 0 Å². The van der Waals surface area contributed by atoms with Crippen LogP contribution < -0.4 is 5.32 Å². The standard InChI is InChI=1S/C15H24N4O2S/c1-3-5-7-12-17-18-15(22-12)16-14(21)11-9-13(20)19(10-11)8-6-4-2/h11H,3-10H2,1-2H3,(H,16,18,21). The fourth-order valence-corrected chi connectivity index (χ4v) is 3.24.